The van der Waals surface area contributed by atoms with Crippen LogP contribution in [0.15, 0.2) is 23.6 Å². The number of anilines is 1. The zero-order valence-electron chi connectivity index (χ0n) is 12.1. The van der Waals surface area contributed by atoms with E-state index in [1.807, 2.05) is 25.3 Å². The van der Waals surface area contributed by atoms with Crippen LogP contribution < -0.4 is 5.32 Å². The third-order valence-corrected chi connectivity index (χ3v) is 4.34. The maximum absolute atomic E-state index is 13.8. The van der Waals surface area contributed by atoms with Gasteiger partial charge >= 0.3 is 0 Å². The molecule has 0 atom stereocenters. The second-order valence-electron chi connectivity index (χ2n) is 4.99. The third-order valence-electron chi connectivity index (χ3n) is 3.35. The number of nitrogens with one attached hydrogen (secondary N) is 1. The van der Waals surface area contributed by atoms with Crippen molar-refractivity contribution in [2.45, 2.75) is 20.4 Å². The van der Waals surface area contributed by atoms with E-state index in [-0.39, 0.29) is 12.4 Å². The van der Waals surface area contributed by atoms with Crippen LogP contribution in [0.25, 0.3) is 10.2 Å². The number of hydrogen-bond acceptors (Lipinski definition) is 5. The normalized spacial score (nSPS) is 10.6. The molecule has 0 aliphatic heterocycles. The number of aryl methyl sites for hydroxylation is 2. The smallest absolute Gasteiger partial charge is 0.139 e. The van der Waals surface area contributed by atoms with E-state index in [1.54, 1.807) is 17.4 Å². The van der Waals surface area contributed by atoms with Crippen LogP contribution in [0.2, 0.25) is 0 Å². The molecule has 1 N–H and O–H groups in total. The van der Waals surface area contributed by atoms with Crippen LogP contribution in [0, 0.1) is 31.0 Å². The Bertz CT molecular complexity index is 895. The fraction of sp³-hybridized carbons (Fsp3) is 0.188. The van der Waals surface area contributed by atoms with E-state index in [0.29, 0.717) is 22.8 Å². The summed E-state index contributed by atoms with van der Waals surface area (Å²) in [6.45, 7) is 4.10. The average Bonchev–Trinajstić information content (AvgIpc) is 2.87. The molecule has 0 amide bonds. The highest BCUT2D eigenvalue weighted by Crippen LogP contribution is 2.29. The SMILES string of the molecule is Cc1nc(NCc2cc(C#N)ccc2F)c2c(C)csc2n1. The molecular formula is C16H13FN4S. The number of nitrogens with zero attached hydrogens (tertiary/aromatic N) is 3. The molecule has 0 aliphatic carbocycles. The Morgan fingerprint density at radius 2 is 2.14 bits per heavy atom. The lowest BCUT2D eigenvalue weighted by Crippen LogP contribution is -2.05. The van der Waals surface area contributed by atoms with Gasteiger partial charge in [-0.3, -0.25) is 0 Å². The van der Waals surface area contributed by atoms with Crippen LogP contribution in [0.4, 0.5) is 10.2 Å². The lowest BCUT2D eigenvalue weighted by Gasteiger charge is -2.09. The number of thiophene rings is 1. The minimum Gasteiger partial charge on any atom is -0.365 e. The summed E-state index contributed by atoms with van der Waals surface area (Å²) in [5.74, 6) is 1.03. The van der Waals surface area contributed by atoms with Gasteiger partial charge in [0.15, 0.2) is 0 Å². The molecule has 6 heteroatoms. The maximum atomic E-state index is 13.8. The van der Waals surface area contributed by atoms with Gasteiger partial charge in [0.05, 0.1) is 17.0 Å². The standard InChI is InChI=1S/C16H13FN4S/c1-9-8-22-16-14(9)15(20-10(2)21-16)19-7-12-5-11(6-18)3-4-13(12)17/h3-5,8H,7H2,1-2H3,(H,19,20,21). The van der Waals surface area contributed by atoms with E-state index in [1.165, 1.54) is 12.1 Å². The van der Waals surface area contributed by atoms with E-state index in [0.717, 1.165) is 15.8 Å². The molecule has 2 heterocycles. The summed E-state index contributed by atoms with van der Waals surface area (Å²) in [6.07, 6.45) is 0. The second kappa shape index (κ2) is 5.70. The van der Waals surface area contributed by atoms with Crippen molar-refractivity contribution in [3.05, 3.63) is 51.9 Å². The number of hydrogen-bond donors (Lipinski definition) is 1. The molecule has 0 bridgehead atoms. The fourth-order valence-corrected chi connectivity index (χ4v) is 3.24. The van der Waals surface area contributed by atoms with Crippen LogP contribution in [0.1, 0.15) is 22.5 Å². The topological polar surface area (TPSA) is 61.6 Å². The lowest BCUT2D eigenvalue weighted by atomic mass is 10.1. The van der Waals surface area contributed by atoms with Crippen LogP contribution in [-0.2, 0) is 6.54 Å². The first-order valence-corrected chi connectivity index (χ1v) is 7.61. The van der Waals surface area contributed by atoms with Gasteiger partial charge in [-0.1, -0.05) is 0 Å². The molecule has 0 unspecified atom stereocenters. The summed E-state index contributed by atoms with van der Waals surface area (Å²) >= 11 is 1.56. The van der Waals surface area contributed by atoms with Gasteiger partial charge in [-0.15, -0.1) is 11.3 Å². The van der Waals surface area contributed by atoms with E-state index in [9.17, 15) is 4.39 Å². The zero-order valence-corrected chi connectivity index (χ0v) is 13.0. The van der Waals surface area contributed by atoms with Crippen molar-refractivity contribution in [1.82, 2.24) is 9.97 Å². The Kier molecular flexibility index (Phi) is 3.73. The van der Waals surface area contributed by atoms with E-state index in [4.69, 9.17) is 5.26 Å². The van der Waals surface area contributed by atoms with Gasteiger partial charge in [-0.25, -0.2) is 14.4 Å². The van der Waals surface area contributed by atoms with Gasteiger partial charge in [0.25, 0.3) is 0 Å². The molecule has 4 nitrogen and oxygen atoms in total. The van der Waals surface area contributed by atoms with Crippen molar-refractivity contribution in [1.29, 1.82) is 5.26 Å². The van der Waals surface area contributed by atoms with Crippen molar-refractivity contribution < 1.29 is 4.39 Å². The summed E-state index contributed by atoms with van der Waals surface area (Å²) in [6, 6.07) is 6.35. The molecule has 3 rings (SSSR count). The van der Waals surface area contributed by atoms with Crippen molar-refractivity contribution in [3.63, 3.8) is 0 Å². The second-order valence-corrected chi connectivity index (χ2v) is 5.85. The maximum Gasteiger partial charge on any atom is 0.139 e. The van der Waals surface area contributed by atoms with Crippen molar-refractivity contribution in [2.75, 3.05) is 5.32 Å². The van der Waals surface area contributed by atoms with E-state index < -0.39 is 0 Å². The highest BCUT2D eigenvalue weighted by molar-refractivity contribution is 7.17. The van der Waals surface area contributed by atoms with Crippen LogP contribution in [0.3, 0.4) is 0 Å². The highest BCUT2D eigenvalue weighted by atomic mass is 32.1. The Morgan fingerprint density at radius 1 is 1.32 bits per heavy atom. The highest BCUT2D eigenvalue weighted by Gasteiger charge is 2.11. The molecule has 0 radical (unpaired) electrons. The quantitative estimate of drug-likeness (QED) is 0.796. The average molecular weight is 312 g/mol. The van der Waals surface area contributed by atoms with Crippen LogP contribution in [-0.4, -0.2) is 9.97 Å². The van der Waals surface area contributed by atoms with Gasteiger partial charge < -0.3 is 5.32 Å². The molecule has 0 saturated heterocycles. The fourth-order valence-electron chi connectivity index (χ4n) is 2.28. The van der Waals surface area contributed by atoms with Crippen LogP contribution >= 0.6 is 11.3 Å². The summed E-state index contributed by atoms with van der Waals surface area (Å²) in [4.78, 5) is 9.74. The number of benzene rings is 1. The molecule has 0 aliphatic rings. The third kappa shape index (κ3) is 2.63. The Hall–Kier alpha value is -2.52. The van der Waals surface area contributed by atoms with E-state index in [2.05, 4.69) is 15.3 Å². The van der Waals surface area contributed by atoms with Crippen molar-refractivity contribution in [3.8, 4) is 6.07 Å². The Balaban J connectivity index is 1.95. The molecule has 0 fully saturated rings. The molecule has 22 heavy (non-hydrogen) atoms. The van der Waals surface area contributed by atoms with Gasteiger partial charge in [-0.05, 0) is 43.0 Å². The van der Waals surface area contributed by atoms with Crippen LogP contribution in [0.5, 0.6) is 0 Å². The largest absolute Gasteiger partial charge is 0.365 e. The monoisotopic (exact) mass is 312 g/mol. The Morgan fingerprint density at radius 3 is 2.91 bits per heavy atom. The van der Waals surface area contributed by atoms with Gasteiger partial charge in [-0.2, -0.15) is 5.26 Å². The summed E-state index contributed by atoms with van der Waals surface area (Å²) < 4.78 is 13.8. The molecular weight excluding hydrogens is 299 g/mol. The molecule has 110 valence electrons. The molecule has 2 aromatic heterocycles. The summed E-state index contributed by atoms with van der Waals surface area (Å²) in [5, 5.41) is 15.1. The molecule has 0 spiro atoms. The molecule has 0 saturated carbocycles. The van der Waals surface area contributed by atoms with Crippen molar-refractivity contribution in [2.24, 2.45) is 0 Å². The number of aromatic nitrogens is 2. The minimum absolute atomic E-state index is 0.266. The predicted octanol–water partition coefficient (Wildman–Crippen LogP) is 3.93. The first-order valence-electron chi connectivity index (χ1n) is 6.73. The van der Waals surface area contributed by atoms with Crippen molar-refractivity contribution >= 4 is 27.4 Å². The number of fused-ring (bicyclic) bond motifs is 1. The number of halogens is 1. The first-order chi connectivity index (χ1) is 10.6. The van der Waals surface area contributed by atoms with E-state index >= 15 is 0 Å². The molecule has 1 aromatic carbocycles. The first kappa shape index (κ1) is 14.4. The summed E-state index contributed by atoms with van der Waals surface area (Å²) in [7, 11) is 0. The lowest BCUT2D eigenvalue weighted by molar-refractivity contribution is 0.612. The number of nitriles is 1. The minimum atomic E-state index is -0.337. The Labute approximate surface area is 131 Å². The number of rotatable bonds is 3. The van der Waals surface area contributed by atoms with Gasteiger partial charge in [0.1, 0.15) is 22.3 Å². The molecule has 3 aromatic rings. The zero-order chi connectivity index (χ0) is 15.7. The van der Waals surface area contributed by atoms with Gasteiger partial charge in [0, 0.05) is 12.1 Å². The summed E-state index contributed by atoms with van der Waals surface area (Å²) in [5.41, 5.74) is 1.97. The van der Waals surface area contributed by atoms with Gasteiger partial charge in [0.2, 0.25) is 0 Å². The predicted molar refractivity (Wildman–Crippen MR) is 85.3 cm³/mol.